The van der Waals surface area contributed by atoms with Gasteiger partial charge < -0.3 is 10.1 Å². The fourth-order valence-electron chi connectivity index (χ4n) is 2.64. The summed E-state index contributed by atoms with van der Waals surface area (Å²) in [5.41, 5.74) is 0.671. The lowest BCUT2D eigenvalue weighted by Gasteiger charge is -2.27. The van der Waals surface area contributed by atoms with Crippen LogP contribution in [-0.2, 0) is 13.8 Å². The first-order valence-corrected chi connectivity index (χ1v) is 9.19. The lowest BCUT2D eigenvalue weighted by molar-refractivity contribution is -0.123. The lowest BCUT2D eigenvalue weighted by Crippen LogP contribution is -2.33. The Morgan fingerprint density at radius 1 is 1.43 bits per heavy atom. The highest BCUT2D eigenvalue weighted by molar-refractivity contribution is 8.13. The molecule has 3 atom stereocenters. The second-order valence-corrected chi connectivity index (χ2v) is 8.22. The lowest BCUT2D eigenvalue weighted by atomic mass is 10.0. The summed E-state index contributed by atoms with van der Waals surface area (Å²) in [5.74, 6) is 1.13. The number of nitrogens with one attached hydrogen (secondary N) is 1. The highest BCUT2D eigenvalue weighted by Gasteiger charge is 2.40. The third kappa shape index (κ3) is 3.01. The van der Waals surface area contributed by atoms with Crippen LogP contribution in [0, 0.1) is 11.8 Å². The van der Waals surface area contributed by atoms with Gasteiger partial charge in [-0.15, -0.1) is 0 Å². The number of ether oxygens (including phenoxy) is 1. The quantitative estimate of drug-likeness (QED) is 0.863. The smallest absolute Gasteiger partial charge is 0.261 e. The van der Waals surface area contributed by atoms with Crippen LogP contribution in [0.2, 0.25) is 0 Å². The van der Waals surface area contributed by atoms with Gasteiger partial charge in [0.05, 0.1) is 17.5 Å². The van der Waals surface area contributed by atoms with Crippen molar-refractivity contribution >= 4 is 25.6 Å². The van der Waals surface area contributed by atoms with Crippen LogP contribution in [-0.4, -0.2) is 20.9 Å². The van der Waals surface area contributed by atoms with Gasteiger partial charge in [0.2, 0.25) is 5.91 Å². The normalized spacial score (nSPS) is 27.4. The van der Waals surface area contributed by atoms with Gasteiger partial charge in [0, 0.05) is 28.6 Å². The van der Waals surface area contributed by atoms with E-state index in [1.54, 1.807) is 6.07 Å². The van der Waals surface area contributed by atoms with Crippen LogP contribution < -0.4 is 10.1 Å². The molecule has 1 saturated carbocycles. The third-order valence-corrected chi connectivity index (χ3v) is 5.42. The van der Waals surface area contributed by atoms with Crippen molar-refractivity contribution in [3.63, 3.8) is 0 Å². The van der Waals surface area contributed by atoms with Gasteiger partial charge in [0.25, 0.3) is 9.05 Å². The molecule has 5 nitrogen and oxygen atoms in total. The topological polar surface area (TPSA) is 72.5 Å². The van der Waals surface area contributed by atoms with Crippen molar-refractivity contribution in [1.82, 2.24) is 5.32 Å². The first-order valence-electron chi connectivity index (χ1n) is 6.88. The second kappa shape index (κ2) is 5.18. The van der Waals surface area contributed by atoms with Crippen molar-refractivity contribution in [2.24, 2.45) is 11.8 Å². The molecule has 3 rings (SSSR count). The molecule has 1 fully saturated rings. The molecule has 1 heterocycles. The molecule has 3 unspecified atom stereocenters. The summed E-state index contributed by atoms with van der Waals surface area (Å²) in [7, 11) is 1.58. The van der Waals surface area contributed by atoms with E-state index < -0.39 is 9.05 Å². The number of hydrogen-bond donors (Lipinski definition) is 1. The Kier molecular flexibility index (Phi) is 3.61. The molecule has 0 spiro atoms. The zero-order chi connectivity index (χ0) is 15.2. The molecule has 2 aliphatic rings. The van der Waals surface area contributed by atoms with E-state index in [9.17, 15) is 13.2 Å². The van der Waals surface area contributed by atoms with Crippen LogP contribution >= 0.6 is 10.7 Å². The summed E-state index contributed by atoms with van der Waals surface area (Å²) in [6.45, 7) is 2.53. The minimum atomic E-state index is -3.80. The number of hydrogen-bond acceptors (Lipinski definition) is 4. The molecule has 114 valence electrons. The average molecular weight is 330 g/mol. The van der Waals surface area contributed by atoms with E-state index in [0.29, 0.717) is 30.3 Å². The van der Waals surface area contributed by atoms with Gasteiger partial charge in [-0.1, -0.05) is 6.92 Å². The fraction of sp³-hybridized carbons (Fsp3) is 0.500. The van der Waals surface area contributed by atoms with Gasteiger partial charge in [0.15, 0.2) is 0 Å². The molecule has 1 aromatic carbocycles. The fourth-order valence-corrected chi connectivity index (χ4v) is 3.43. The molecule has 0 saturated heterocycles. The Labute approximate surface area is 128 Å². The third-order valence-electron chi connectivity index (χ3n) is 4.07. The maximum atomic E-state index is 12.1. The number of amides is 1. The van der Waals surface area contributed by atoms with Gasteiger partial charge in [-0.25, -0.2) is 8.42 Å². The van der Waals surface area contributed by atoms with Crippen molar-refractivity contribution in [3.8, 4) is 5.75 Å². The van der Waals surface area contributed by atoms with Crippen LogP contribution in [0.25, 0.3) is 0 Å². The maximum absolute atomic E-state index is 12.1. The second-order valence-electron chi connectivity index (χ2n) is 5.66. The Balaban J connectivity index is 1.87. The summed E-state index contributed by atoms with van der Waals surface area (Å²) in [5, 5.41) is 2.99. The summed E-state index contributed by atoms with van der Waals surface area (Å²) < 4.78 is 28.4. The SMILES string of the molecule is CC1CC1C(=O)NC1CCOc2ccc(S(=O)(=O)Cl)cc21. The minimum Gasteiger partial charge on any atom is -0.493 e. The van der Waals surface area contributed by atoms with Crippen LogP contribution in [0.15, 0.2) is 23.1 Å². The highest BCUT2D eigenvalue weighted by Crippen LogP contribution is 2.40. The molecule has 7 heteroatoms. The van der Waals surface area contributed by atoms with E-state index in [-0.39, 0.29) is 22.8 Å². The summed E-state index contributed by atoms with van der Waals surface area (Å²) in [6, 6.07) is 4.25. The van der Waals surface area contributed by atoms with Crippen molar-refractivity contribution < 1.29 is 17.9 Å². The maximum Gasteiger partial charge on any atom is 0.261 e. The van der Waals surface area contributed by atoms with Gasteiger partial charge in [-0.3, -0.25) is 4.79 Å². The number of carbonyl (C=O) groups excluding carboxylic acids is 1. The molecule has 1 N–H and O–H groups in total. The molecule has 1 aliphatic carbocycles. The Morgan fingerprint density at radius 3 is 2.76 bits per heavy atom. The van der Waals surface area contributed by atoms with Gasteiger partial charge in [-0.2, -0.15) is 0 Å². The number of rotatable bonds is 3. The molecule has 1 aromatic rings. The van der Waals surface area contributed by atoms with Crippen LogP contribution in [0.1, 0.15) is 31.4 Å². The molecular formula is C14H16ClNO4S. The Morgan fingerprint density at radius 2 is 2.14 bits per heavy atom. The van der Waals surface area contributed by atoms with Gasteiger partial charge in [0.1, 0.15) is 5.75 Å². The number of benzene rings is 1. The number of carbonyl (C=O) groups is 1. The highest BCUT2D eigenvalue weighted by atomic mass is 35.7. The van der Waals surface area contributed by atoms with Gasteiger partial charge in [-0.05, 0) is 30.5 Å². The minimum absolute atomic E-state index is 0.0208. The zero-order valence-corrected chi connectivity index (χ0v) is 13.1. The van der Waals surface area contributed by atoms with E-state index in [2.05, 4.69) is 5.32 Å². The number of fused-ring (bicyclic) bond motifs is 1. The monoisotopic (exact) mass is 329 g/mol. The molecule has 1 amide bonds. The average Bonchev–Trinajstić information content (AvgIpc) is 3.15. The first-order chi connectivity index (χ1) is 9.86. The Hall–Kier alpha value is -1.27. The van der Waals surface area contributed by atoms with E-state index in [1.165, 1.54) is 12.1 Å². The van der Waals surface area contributed by atoms with E-state index in [4.69, 9.17) is 15.4 Å². The standard InChI is InChI=1S/C14H16ClNO4S/c1-8-6-10(8)14(17)16-12-4-5-20-13-3-2-9(7-11(12)13)21(15,18)19/h2-3,7-8,10,12H,4-6H2,1H3,(H,16,17). The predicted molar refractivity (Wildman–Crippen MR) is 77.7 cm³/mol. The van der Waals surface area contributed by atoms with Crippen LogP contribution in [0.5, 0.6) is 5.75 Å². The zero-order valence-electron chi connectivity index (χ0n) is 11.5. The van der Waals surface area contributed by atoms with Crippen molar-refractivity contribution in [2.45, 2.75) is 30.7 Å². The van der Waals surface area contributed by atoms with Crippen molar-refractivity contribution in [2.75, 3.05) is 6.61 Å². The summed E-state index contributed by atoms with van der Waals surface area (Å²) >= 11 is 0. The molecule has 21 heavy (non-hydrogen) atoms. The first kappa shape index (κ1) is 14.7. The van der Waals surface area contributed by atoms with Crippen LogP contribution in [0.4, 0.5) is 0 Å². The van der Waals surface area contributed by atoms with E-state index >= 15 is 0 Å². The molecule has 0 aromatic heterocycles. The molecule has 0 bridgehead atoms. The summed E-state index contributed by atoms with van der Waals surface area (Å²) in [6.07, 6.45) is 1.53. The van der Waals surface area contributed by atoms with Gasteiger partial charge >= 0.3 is 0 Å². The number of halogens is 1. The Bertz CT molecular complexity index is 688. The largest absolute Gasteiger partial charge is 0.493 e. The van der Waals surface area contributed by atoms with E-state index in [0.717, 1.165) is 6.42 Å². The van der Waals surface area contributed by atoms with E-state index in [1.807, 2.05) is 6.92 Å². The van der Waals surface area contributed by atoms with Crippen molar-refractivity contribution in [3.05, 3.63) is 23.8 Å². The van der Waals surface area contributed by atoms with Crippen LogP contribution in [0.3, 0.4) is 0 Å². The van der Waals surface area contributed by atoms with Crippen molar-refractivity contribution in [1.29, 1.82) is 0 Å². The predicted octanol–water partition coefficient (Wildman–Crippen LogP) is 2.21. The molecule has 0 radical (unpaired) electrons. The molecule has 1 aliphatic heterocycles. The summed E-state index contributed by atoms with van der Waals surface area (Å²) in [4.78, 5) is 12.1. The molecular weight excluding hydrogens is 314 g/mol.